The van der Waals surface area contributed by atoms with Gasteiger partial charge in [-0.15, -0.1) is 0 Å². The van der Waals surface area contributed by atoms with Crippen LogP contribution in [0.4, 0.5) is 37.6 Å². The molecule has 1 fully saturated rings. The number of hydrogen-bond donors (Lipinski definition) is 2. The molecule has 0 bridgehead atoms. The van der Waals surface area contributed by atoms with Gasteiger partial charge in [-0.3, -0.25) is 0 Å². The molecule has 0 radical (unpaired) electrons. The van der Waals surface area contributed by atoms with E-state index in [1.807, 2.05) is 18.2 Å². The maximum Gasteiger partial charge on any atom is 0.159 e. The lowest BCUT2D eigenvalue weighted by atomic mass is 10.2. The standard InChI is InChI=1S/C19H19F2N7/c20-13-4-5-15(14(21)11-13)26-18-17(22)19(25-12-24-18)28-9-7-27(8-10-28)16-3-1-2-6-23-16/h1-6,11-12H,7-10,22H2,(H,24,25,26). The molecule has 4 rings (SSSR count). The smallest absolute Gasteiger partial charge is 0.159 e. The number of nitrogens with zero attached hydrogens (tertiary/aromatic N) is 5. The maximum atomic E-state index is 13.9. The lowest BCUT2D eigenvalue weighted by molar-refractivity contribution is 0.586. The van der Waals surface area contributed by atoms with Crippen molar-refractivity contribution in [2.24, 2.45) is 0 Å². The van der Waals surface area contributed by atoms with Crippen molar-refractivity contribution < 1.29 is 8.78 Å². The number of nitrogens with two attached hydrogens (primary N) is 1. The third-order valence-corrected chi connectivity index (χ3v) is 4.60. The van der Waals surface area contributed by atoms with Crippen molar-refractivity contribution in [2.45, 2.75) is 0 Å². The van der Waals surface area contributed by atoms with E-state index < -0.39 is 11.6 Å². The van der Waals surface area contributed by atoms with Crippen LogP contribution in [0.5, 0.6) is 0 Å². The van der Waals surface area contributed by atoms with Crippen molar-refractivity contribution in [1.82, 2.24) is 15.0 Å². The second kappa shape index (κ2) is 7.63. The van der Waals surface area contributed by atoms with Gasteiger partial charge in [-0.2, -0.15) is 0 Å². The zero-order valence-corrected chi connectivity index (χ0v) is 15.0. The van der Waals surface area contributed by atoms with Gasteiger partial charge >= 0.3 is 0 Å². The van der Waals surface area contributed by atoms with Gasteiger partial charge in [0.15, 0.2) is 11.6 Å². The molecule has 144 valence electrons. The summed E-state index contributed by atoms with van der Waals surface area (Å²) < 4.78 is 27.0. The van der Waals surface area contributed by atoms with E-state index in [4.69, 9.17) is 5.73 Å². The maximum absolute atomic E-state index is 13.9. The fourth-order valence-electron chi connectivity index (χ4n) is 3.14. The molecule has 0 unspecified atom stereocenters. The second-order valence-electron chi connectivity index (χ2n) is 6.37. The van der Waals surface area contributed by atoms with Gasteiger partial charge in [-0.25, -0.2) is 23.7 Å². The normalized spacial score (nSPS) is 14.2. The van der Waals surface area contributed by atoms with Crippen LogP contribution < -0.4 is 20.9 Å². The summed E-state index contributed by atoms with van der Waals surface area (Å²) in [5, 5.41) is 2.82. The highest BCUT2D eigenvalue weighted by Crippen LogP contribution is 2.30. The quantitative estimate of drug-likeness (QED) is 0.717. The first-order chi connectivity index (χ1) is 13.6. The average Bonchev–Trinajstić information content (AvgIpc) is 2.72. The summed E-state index contributed by atoms with van der Waals surface area (Å²) in [7, 11) is 0. The molecule has 1 aromatic carbocycles. The number of aromatic nitrogens is 3. The van der Waals surface area contributed by atoms with E-state index in [0.717, 1.165) is 25.0 Å². The van der Waals surface area contributed by atoms with Gasteiger partial charge in [0, 0.05) is 38.4 Å². The van der Waals surface area contributed by atoms with Crippen molar-refractivity contribution in [1.29, 1.82) is 0 Å². The zero-order chi connectivity index (χ0) is 19.5. The monoisotopic (exact) mass is 383 g/mol. The number of hydrogen-bond acceptors (Lipinski definition) is 7. The summed E-state index contributed by atoms with van der Waals surface area (Å²) in [5.41, 5.74) is 6.65. The molecule has 28 heavy (non-hydrogen) atoms. The molecule has 2 aromatic heterocycles. The minimum absolute atomic E-state index is 0.0951. The van der Waals surface area contributed by atoms with Crippen LogP contribution in [-0.2, 0) is 0 Å². The second-order valence-corrected chi connectivity index (χ2v) is 6.37. The Morgan fingerprint density at radius 3 is 2.43 bits per heavy atom. The Labute approximate surface area is 160 Å². The van der Waals surface area contributed by atoms with E-state index in [0.29, 0.717) is 24.6 Å². The van der Waals surface area contributed by atoms with Crippen LogP contribution in [0.2, 0.25) is 0 Å². The lowest BCUT2D eigenvalue weighted by Gasteiger charge is -2.36. The van der Waals surface area contributed by atoms with Crippen molar-refractivity contribution in [3.63, 3.8) is 0 Å². The van der Waals surface area contributed by atoms with E-state index in [1.165, 1.54) is 18.5 Å². The van der Waals surface area contributed by atoms with Crippen molar-refractivity contribution >= 4 is 28.8 Å². The highest BCUT2D eigenvalue weighted by Gasteiger charge is 2.22. The molecule has 0 amide bonds. The van der Waals surface area contributed by atoms with Gasteiger partial charge in [-0.05, 0) is 24.3 Å². The molecule has 1 aliphatic rings. The van der Waals surface area contributed by atoms with Gasteiger partial charge in [-0.1, -0.05) is 6.07 Å². The minimum Gasteiger partial charge on any atom is -0.393 e. The number of rotatable bonds is 4. The summed E-state index contributed by atoms with van der Waals surface area (Å²) in [6.07, 6.45) is 3.15. The number of nitrogen functional groups attached to an aromatic ring is 1. The Kier molecular flexibility index (Phi) is 4.88. The van der Waals surface area contributed by atoms with Crippen LogP contribution in [-0.4, -0.2) is 41.1 Å². The Hall–Kier alpha value is -3.49. The van der Waals surface area contributed by atoms with Gasteiger partial charge in [0.2, 0.25) is 0 Å². The molecule has 0 saturated carbocycles. The Morgan fingerprint density at radius 2 is 1.71 bits per heavy atom. The first kappa shape index (κ1) is 17.9. The Morgan fingerprint density at radius 1 is 0.929 bits per heavy atom. The predicted octanol–water partition coefficient (Wildman–Crippen LogP) is 2.80. The summed E-state index contributed by atoms with van der Waals surface area (Å²) in [6, 6.07) is 9.10. The molecular formula is C19H19F2N7. The summed E-state index contributed by atoms with van der Waals surface area (Å²) >= 11 is 0. The predicted molar refractivity (Wildman–Crippen MR) is 105 cm³/mol. The van der Waals surface area contributed by atoms with E-state index in [1.54, 1.807) is 6.20 Å². The van der Waals surface area contributed by atoms with Crippen molar-refractivity contribution in [3.8, 4) is 0 Å². The molecule has 9 heteroatoms. The molecule has 0 spiro atoms. The van der Waals surface area contributed by atoms with E-state index in [-0.39, 0.29) is 11.5 Å². The summed E-state index contributed by atoms with van der Waals surface area (Å²) in [6.45, 7) is 2.97. The van der Waals surface area contributed by atoms with Crippen LogP contribution in [0.1, 0.15) is 0 Å². The number of halogens is 2. The van der Waals surface area contributed by atoms with Crippen LogP contribution in [0.3, 0.4) is 0 Å². The van der Waals surface area contributed by atoms with Crippen LogP contribution in [0, 0.1) is 11.6 Å². The molecule has 3 N–H and O–H groups in total. The van der Waals surface area contributed by atoms with Gasteiger partial charge in [0.05, 0.1) is 5.69 Å². The minimum atomic E-state index is -0.719. The summed E-state index contributed by atoms with van der Waals surface area (Å²) in [4.78, 5) is 17.0. The Balaban J connectivity index is 1.49. The van der Waals surface area contributed by atoms with Gasteiger partial charge in [0.25, 0.3) is 0 Å². The van der Waals surface area contributed by atoms with Crippen LogP contribution in [0.25, 0.3) is 0 Å². The third-order valence-electron chi connectivity index (χ3n) is 4.60. The topological polar surface area (TPSA) is 83.2 Å². The molecule has 0 atom stereocenters. The highest BCUT2D eigenvalue weighted by atomic mass is 19.1. The SMILES string of the molecule is Nc1c(Nc2ccc(F)cc2F)ncnc1N1CCN(c2ccccn2)CC1. The summed E-state index contributed by atoms with van der Waals surface area (Å²) in [5.74, 6) is 0.434. The first-order valence-electron chi connectivity index (χ1n) is 8.85. The molecule has 0 aliphatic carbocycles. The van der Waals surface area contributed by atoms with Crippen LogP contribution in [0.15, 0.2) is 48.9 Å². The zero-order valence-electron chi connectivity index (χ0n) is 15.0. The Bertz CT molecular complexity index is 960. The van der Waals surface area contributed by atoms with E-state index >= 15 is 0 Å². The number of anilines is 5. The fourth-order valence-corrected chi connectivity index (χ4v) is 3.14. The number of pyridine rings is 1. The van der Waals surface area contributed by atoms with Gasteiger partial charge < -0.3 is 20.9 Å². The molecule has 3 heterocycles. The van der Waals surface area contributed by atoms with Crippen LogP contribution >= 0.6 is 0 Å². The fraction of sp³-hybridized carbons (Fsp3) is 0.211. The lowest BCUT2D eigenvalue weighted by Crippen LogP contribution is -2.47. The molecule has 1 aliphatic heterocycles. The van der Waals surface area contributed by atoms with E-state index in [9.17, 15) is 8.78 Å². The molecule has 1 saturated heterocycles. The average molecular weight is 383 g/mol. The molecule has 3 aromatic rings. The third kappa shape index (κ3) is 3.64. The largest absolute Gasteiger partial charge is 0.393 e. The number of nitrogens with one attached hydrogen (secondary N) is 1. The molecule has 7 nitrogen and oxygen atoms in total. The number of benzene rings is 1. The van der Waals surface area contributed by atoms with Crippen molar-refractivity contribution in [3.05, 3.63) is 60.6 Å². The number of piperazine rings is 1. The molecular weight excluding hydrogens is 364 g/mol. The van der Waals surface area contributed by atoms with E-state index in [2.05, 4.69) is 30.1 Å². The highest BCUT2D eigenvalue weighted by molar-refractivity contribution is 5.78. The van der Waals surface area contributed by atoms with Crippen molar-refractivity contribution in [2.75, 3.05) is 47.0 Å². The van der Waals surface area contributed by atoms with Gasteiger partial charge in [0.1, 0.15) is 29.5 Å². The first-order valence-corrected chi connectivity index (χ1v) is 8.85.